The van der Waals surface area contributed by atoms with Crippen molar-refractivity contribution < 1.29 is 0 Å². The highest BCUT2D eigenvalue weighted by atomic mass is 32.1. The molecule has 3 nitrogen and oxygen atoms in total. The second kappa shape index (κ2) is 11.3. The molecule has 4 aromatic heterocycles. The summed E-state index contributed by atoms with van der Waals surface area (Å²) >= 11 is 1.90. The predicted molar refractivity (Wildman–Crippen MR) is 164 cm³/mol. The summed E-state index contributed by atoms with van der Waals surface area (Å²) in [5.41, 5.74) is 10.2. The number of nitrogens with zero attached hydrogens (tertiary/aromatic N) is 3. The molecule has 39 heavy (non-hydrogen) atoms. The highest BCUT2D eigenvalue weighted by Gasteiger charge is 2.32. The summed E-state index contributed by atoms with van der Waals surface area (Å²) in [4.78, 5) is 14.1. The Labute approximate surface area is 239 Å². The molecule has 4 heterocycles. The van der Waals surface area contributed by atoms with Gasteiger partial charge in [0.05, 0.1) is 0 Å². The molecule has 0 bridgehead atoms. The van der Waals surface area contributed by atoms with Crippen LogP contribution in [0.2, 0.25) is 0 Å². The fourth-order valence-electron chi connectivity index (χ4n) is 6.39. The topological polar surface area (TPSA) is 38.7 Å². The molecule has 0 aromatic carbocycles. The summed E-state index contributed by atoms with van der Waals surface area (Å²) in [6.45, 7) is 18.2. The number of fused-ring (bicyclic) bond motifs is 4. The molecule has 8 unspecified atom stereocenters. The van der Waals surface area contributed by atoms with E-state index in [0.717, 1.165) is 41.4 Å². The van der Waals surface area contributed by atoms with Crippen LogP contribution in [0.25, 0.3) is 0 Å². The van der Waals surface area contributed by atoms with Gasteiger partial charge >= 0.3 is 0 Å². The summed E-state index contributed by atoms with van der Waals surface area (Å²) in [5.74, 6) is 6.01. The van der Waals surface area contributed by atoms with Crippen molar-refractivity contribution in [1.82, 2.24) is 15.0 Å². The molecule has 0 radical (unpaired) electrons. The third-order valence-electron chi connectivity index (χ3n) is 10.2. The zero-order valence-electron chi connectivity index (χ0n) is 24.7. The maximum absolute atomic E-state index is 4.30. The lowest BCUT2D eigenvalue weighted by molar-refractivity contribution is 0.521. The molecular weight excluding hydrogens is 494 g/mol. The van der Waals surface area contributed by atoms with E-state index in [0.29, 0.717) is 5.92 Å². The number of hydrogen-bond acceptors (Lipinski definition) is 4. The minimum atomic E-state index is 0.677. The quantitative estimate of drug-likeness (QED) is 0.224. The van der Waals surface area contributed by atoms with E-state index in [1.165, 1.54) is 33.5 Å². The largest absolute Gasteiger partial charge is 0.264 e. The van der Waals surface area contributed by atoms with Crippen LogP contribution < -0.4 is 0 Å². The van der Waals surface area contributed by atoms with Gasteiger partial charge in [0.1, 0.15) is 0 Å². The van der Waals surface area contributed by atoms with E-state index >= 15 is 0 Å². The highest BCUT2D eigenvalue weighted by molar-refractivity contribution is 7.10. The van der Waals surface area contributed by atoms with Gasteiger partial charge in [0.2, 0.25) is 0 Å². The molecule has 0 spiro atoms. The van der Waals surface area contributed by atoms with Crippen LogP contribution in [-0.2, 0) is 0 Å². The Balaban J connectivity index is 0.000000105. The maximum atomic E-state index is 4.30. The van der Waals surface area contributed by atoms with Gasteiger partial charge < -0.3 is 0 Å². The molecule has 8 atom stereocenters. The van der Waals surface area contributed by atoms with Crippen LogP contribution in [0.15, 0.2) is 66.7 Å². The van der Waals surface area contributed by atoms with Crippen molar-refractivity contribution in [3.63, 3.8) is 0 Å². The highest BCUT2D eigenvalue weighted by Crippen LogP contribution is 2.49. The third kappa shape index (κ3) is 4.97. The van der Waals surface area contributed by atoms with E-state index in [2.05, 4.69) is 100.0 Å². The number of hydrogen-bond donors (Lipinski definition) is 0. The summed E-state index contributed by atoms with van der Waals surface area (Å²) < 4.78 is 0. The van der Waals surface area contributed by atoms with Gasteiger partial charge in [-0.15, -0.1) is 11.3 Å². The van der Waals surface area contributed by atoms with Gasteiger partial charge in [-0.05, 0) is 104 Å². The second-order valence-corrected chi connectivity index (χ2v) is 13.0. The van der Waals surface area contributed by atoms with E-state index in [1.807, 2.05) is 48.4 Å². The first-order chi connectivity index (χ1) is 18.7. The monoisotopic (exact) mass is 537 g/mol. The molecule has 0 aliphatic heterocycles. The number of aromatic nitrogens is 3. The SMILES string of the molecule is CC1c2cccnc2C1C.CC1c2ccncc2C1C.CC1c2ccncc2C1C.CC1c2ccsc2C1C. The molecular formula is C35H43N3S. The Morgan fingerprint density at radius 2 is 1.00 bits per heavy atom. The Hall–Kier alpha value is -2.85. The van der Waals surface area contributed by atoms with Crippen molar-refractivity contribution in [1.29, 1.82) is 0 Å². The fraction of sp³-hybridized carbons (Fsp3) is 0.457. The van der Waals surface area contributed by atoms with Crippen molar-refractivity contribution in [2.24, 2.45) is 0 Å². The van der Waals surface area contributed by atoms with Crippen LogP contribution in [0.4, 0.5) is 0 Å². The van der Waals surface area contributed by atoms with E-state index in [-0.39, 0.29) is 0 Å². The van der Waals surface area contributed by atoms with E-state index in [4.69, 9.17) is 0 Å². The molecule has 8 rings (SSSR count). The zero-order valence-corrected chi connectivity index (χ0v) is 25.5. The molecule has 4 aliphatic carbocycles. The first kappa shape index (κ1) is 27.7. The van der Waals surface area contributed by atoms with Crippen molar-refractivity contribution in [2.45, 2.75) is 103 Å². The van der Waals surface area contributed by atoms with Crippen molar-refractivity contribution in [3.05, 3.63) is 111 Å². The first-order valence-electron chi connectivity index (χ1n) is 14.6. The minimum Gasteiger partial charge on any atom is -0.264 e. The second-order valence-electron chi connectivity index (χ2n) is 12.0. The van der Waals surface area contributed by atoms with E-state index in [1.54, 1.807) is 10.4 Å². The smallest absolute Gasteiger partial charge is 0.0472 e. The van der Waals surface area contributed by atoms with Gasteiger partial charge in [-0.3, -0.25) is 15.0 Å². The van der Waals surface area contributed by atoms with Crippen LogP contribution in [-0.4, -0.2) is 15.0 Å². The molecule has 204 valence electrons. The van der Waals surface area contributed by atoms with Crippen molar-refractivity contribution >= 4 is 11.3 Å². The maximum Gasteiger partial charge on any atom is 0.0472 e. The lowest BCUT2D eigenvalue weighted by Gasteiger charge is -2.33. The minimum absolute atomic E-state index is 0.677. The average molecular weight is 538 g/mol. The lowest BCUT2D eigenvalue weighted by atomic mass is 9.71. The van der Waals surface area contributed by atoms with Gasteiger partial charge in [0.25, 0.3) is 0 Å². The van der Waals surface area contributed by atoms with Crippen LogP contribution in [0.1, 0.15) is 147 Å². The molecule has 0 fully saturated rings. The number of pyridine rings is 3. The predicted octanol–water partition coefficient (Wildman–Crippen LogP) is 9.88. The van der Waals surface area contributed by atoms with Crippen molar-refractivity contribution in [3.8, 4) is 0 Å². The average Bonchev–Trinajstić information content (AvgIpc) is 3.46. The van der Waals surface area contributed by atoms with Gasteiger partial charge in [0, 0.05) is 47.5 Å². The Morgan fingerprint density at radius 3 is 1.51 bits per heavy atom. The molecule has 0 saturated heterocycles. The zero-order chi connectivity index (χ0) is 27.8. The molecule has 0 saturated carbocycles. The normalized spacial score (nSPS) is 29.5. The molecule has 4 aliphatic rings. The summed E-state index contributed by atoms with van der Waals surface area (Å²) in [5, 5.41) is 2.20. The Kier molecular flexibility index (Phi) is 8.05. The standard InChI is InChI=1S/3C9H11N.C8H10S/c2*1-6-7(2)9-5-10-4-3-8(6)9;1-6-7(2)9-8(6)4-3-5-10-9;1-5-6(2)8-7(5)3-4-9-8/h3*3-7H,1-2H3;3-6H,1-2H3. The molecule has 4 heteroatoms. The van der Waals surface area contributed by atoms with E-state index in [9.17, 15) is 0 Å². The van der Waals surface area contributed by atoms with Gasteiger partial charge in [-0.2, -0.15) is 0 Å². The third-order valence-corrected chi connectivity index (χ3v) is 11.3. The summed E-state index contributed by atoms with van der Waals surface area (Å²) in [6, 6.07) is 10.7. The summed E-state index contributed by atoms with van der Waals surface area (Å²) in [6.07, 6.45) is 9.60. The Bertz CT molecular complexity index is 1190. The van der Waals surface area contributed by atoms with Crippen LogP contribution in [0, 0.1) is 0 Å². The van der Waals surface area contributed by atoms with Crippen molar-refractivity contribution in [2.75, 3.05) is 0 Å². The van der Waals surface area contributed by atoms with Crippen LogP contribution >= 0.6 is 11.3 Å². The van der Waals surface area contributed by atoms with Gasteiger partial charge in [-0.1, -0.05) is 61.5 Å². The fourth-order valence-corrected chi connectivity index (χ4v) is 7.56. The molecule has 0 N–H and O–H groups in total. The molecule has 4 aromatic rings. The number of rotatable bonds is 0. The molecule has 0 amide bonds. The van der Waals surface area contributed by atoms with Crippen LogP contribution in [0.3, 0.4) is 0 Å². The van der Waals surface area contributed by atoms with Gasteiger partial charge in [0.15, 0.2) is 0 Å². The van der Waals surface area contributed by atoms with Gasteiger partial charge in [-0.25, -0.2) is 0 Å². The number of thiophene rings is 1. The lowest BCUT2D eigenvalue weighted by Crippen LogP contribution is -2.20. The first-order valence-corrected chi connectivity index (χ1v) is 15.5. The van der Waals surface area contributed by atoms with E-state index < -0.39 is 0 Å². The Morgan fingerprint density at radius 1 is 0.487 bits per heavy atom. The van der Waals surface area contributed by atoms with Crippen LogP contribution in [0.5, 0.6) is 0 Å². The summed E-state index contributed by atoms with van der Waals surface area (Å²) in [7, 11) is 0.